The number of anilines is 1. The first-order valence-corrected chi connectivity index (χ1v) is 12.6. The Labute approximate surface area is 184 Å². The molecule has 2 aromatic rings. The lowest BCUT2D eigenvalue weighted by molar-refractivity contribution is -0.118. The van der Waals surface area contributed by atoms with Gasteiger partial charge in [-0.15, -0.1) is 0 Å². The number of hydrogen-bond donors (Lipinski definition) is 1. The van der Waals surface area contributed by atoms with E-state index in [1.165, 1.54) is 17.5 Å². The summed E-state index contributed by atoms with van der Waals surface area (Å²) in [6.45, 7) is 1.06. The number of aryl methyl sites for hydroxylation is 1. The van der Waals surface area contributed by atoms with Crippen LogP contribution in [0.1, 0.15) is 49.7 Å². The number of amides is 1. The van der Waals surface area contributed by atoms with Crippen molar-refractivity contribution in [3.05, 3.63) is 53.6 Å². The lowest BCUT2D eigenvalue weighted by Gasteiger charge is -2.20. The number of ether oxygens (including phenoxy) is 1. The van der Waals surface area contributed by atoms with Crippen molar-refractivity contribution in [3.8, 4) is 5.75 Å². The van der Waals surface area contributed by atoms with Gasteiger partial charge in [-0.2, -0.15) is 4.31 Å². The molecular weight excluding hydrogens is 412 g/mol. The molecule has 7 heteroatoms. The molecule has 166 valence electrons. The molecule has 1 heterocycles. The fraction of sp³-hybridized carbons (Fsp3) is 0.458. The molecule has 0 bridgehead atoms. The third-order valence-corrected chi connectivity index (χ3v) is 7.97. The lowest BCUT2D eigenvalue weighted by atomic mass is 9.91. The lowest BCUT2D eigenvalue weighted by Crippen LogP contribution is -2.31. The molecule has 1 saturated heterocycles. The first kappa shape index (κ1) is 21.8. The molecule has 1 amide bonds. The molecule has 0 radical (unpaired) electrons. The van der Waals surface area contributed by atoms with Gasteiger partial charge >= 0.3 is 0 Å². The molecule has 0 aromatic heterocycles. The Kier molecular flexibility index (Phi) is 6.92. The van der Waals surface area contributed by atoms with Crippen LogP contribution in [0.15, 0.2) is 47.4 Å². The van der Waals surface area contributed by atoms with E-state index in [4.69, 9.17) is 4.74 Å². The van der Waals surface area contributed by atoms with Crippen molar-refractivity contribution in [2.24, 2.45) is 0 Å². The first-order valence-electron chi connectivity index (χ1n) is 11.2. The number of hydrogen-bond acceptors (Lipinski definition) is 4. The second kappa shape index (κ2) is 9.83. The molecule has 2 aromatic carbocycles. The van der Waals surface area contributed by atoms with Crippen molar-refractivity contribution in [1.82, 2.24) is 4.31 Å². The van der Waals surface area contributed by atoms with E-state index in [0.29, 0.717) is 18.8 Å². The zero-order chi connectivity index (χ0) is 21.7. The summed E-state index contributed by atoms with van der Waals surface area (Å²) in [6, 6.07) is 12.4. The third kappa shape index (κ3) is 5.28. The topological polar surface area (TPSA) is 75.7 Å². The molecule has 0 unspecified atom stereocenters. The van der Waals surface area contributed by atoms with Gasteiger partial charge in [0, 0.05) is 18.8 Å². The van der Waals surface area contributed by atoms with Crippen LogP contribution in [0.2, 0.25) is 0 Å². The highest BCUT2D eigenvalue weighted by Crippen LogP contribution is 2.29. The molecule has 0 atom stereocenters. The van der Waals surface area contributed by atoms with Gasteiger partial charge in [0.05, 0.1) is 4.90 Å². The number of sulfonamides is 1. The summed E-state index contributed by atoms with van der Waals surface area (Å²) >= 11 is 0. The fourth-order valence-electron chi connectivity index (χ4n) is 4.36. The van der Waals surface area contributed by atoms with E-state index in [-0.39, 0.29) is 17.4 Å². The molecule has 4 rings (SSSR count). The number of nitrogens with one attached hydrogen (secondary N) is 1. The number of fused-ring (bicyclic) bond motifs is 1. The largest absolute Gasteiger partial charge is 0.483 e. The van der Waals surface area contributed by atoms with Crippen LogP contribution in [0, 0.1) is 0 Å². The van der Waals surface area contributed by atoms with E-state index in [1.807, 2.05) is 12.1 Å². The summed E-state index contributed by atoms with van der Waals surface area (Å²) in [5.41, 5.74) is 3.08. The Balaban J connectivity index is 1.35. The maximum atomic E-state index is 12.9. The monoisotopic (exact) mass is 442 g/mol. The minimum atomic E-state index is -3.49. The second-order valence-electron chi connectivity index (χ2n) is 8.28. The van der Waals surface area contributed by atoms with Crippen molar-refractivity contribution in [1.29, 1.82) is 0 Å². The van der Waals surface area contributed by atoms with Gasteiger partial charge in [-0.3, -0.25) is 4.79 Å². The zero-order valence-corrected chi connectivity index (χ0v) is 18.6. The first-order chi connectivity index (χ1) is 15.0. The summed E-state index contributed by atoms with van der Waals surface area (Å²) in [5.74, 6) is 0.516. The molecule has 1 fully saturated rings. The fourth-order valence-corrected chi connectivity index (χ4v) is 5.88. The Hall–Kier alpha value is -2.38. The number of carbonyl (C=O) groups is 1. The molecular formula is C24H30N2O4S. The molecule has 6 nitrogen and oxygen atoms in total. The highest BCUT2D eigenvalue weighted by atomic mass is 32.2. The van der Waals surface area contributed by atoms with Gasteiger partial charge in [-0.25, -0.2) is 8.42 Å². The normalized spacial score (nSPS) is 17.4. The molecule has 0 saturated carbocycles. The Morgan fingerprint density at radius 2 is 1.61 bits per heavy atom. The molecule has 1 N–H and O–H groups in total. The van der Waals surface area contributed by atoms with Crippen LogP contribution in [0.4, 0.5) is 5.69 Å². The molecule has 0 spiro atoms. The summed E-state index contributed by atoms with van der Waals surface area (Å²) in [6.07, 6.45) is 8.34. The summed E-state index contributed by atoms with van der Waals surface area (Å²) in [4.78, 5) is 12.6. The quantitative estimate of drug-likeness (QED) is 0.729. The predicted octanol–water partition coefficient (Wildman–Crippen LogP) is 4.15. The molecule has 1 aliphatic heterocycles. The Morgan fingerprint density at radius 3 is 2.35 bits per heavy atom. The molecule has 31 heavy (non-hydrogen) atoms. The third-order valence-electron chi connectivity index (χ3n) is 6.05. The summed E-state index contributed by atoms with van der Waals surface area (Å²) < 4.78 is 33.1. The van der Waals surface area contributed by atoms with Gasteiger partial charge in [0.15, 0.2) is 6.61 Å². The SMILES string of the molecule is O=C(COc1cccc2c1CCCC2)Nc1ccc(S(=O)(=O)N2CCCCCC2)cc1. The van der Waals surface area contributed by atoms with Crippen LogP contribution in [-0.4, -0.2) is 38.3 Å². The van der Waals surface area contributed by atoms with E-state index >= 15 is 0 Å². The Bertz CT molecular complexity index is 1010. The zero-order valence-electron chi connectivity index (χ0n) is 17.8. The maximum absolute atomic E-state index is 12.9. The predicted molar refractivity (Wildman–Crippen MR) is 121 cm³/mol. The van der Waals surface area contributed by atoms with Crippen molar-refractivity contribution in [2.75, 3.05) is 25.0 Å². The highest BCUT2D eigenvalue weighted by Gasteiger charge is 2.25. The average molecular weight is 443 g/mol. The van der Waals surface area contributed by atoms with Crippen molar-refractivity contribution < 1.29 is 17.9 Å². The van der Waals surface area contributed by atoms with E-state index in [0.717, 1.165) is 50.7 Å². The Morgan fingerprint density at radius 1 is 0.903 bits per heavy atom. The maximum Gasteiger partial charge on any atom is 0.262 e. The highest BCUT2D eigenvalue weighted by molar-refractivity contribution is 7.89. The second-order valence-corrected chi connectivity index (χ2v) is 10.2. The average Bonchev–Trinajstić information content (AvgIpc) is 3.08. The minimum Gasteiger partial charge on any atom is -0.483 e. The van der Waals surface area contributed by atoms with Gasteiger partial charge in [0.2, 0.25) is 10.0 Å². The smallest absolute Gasteiger partial charge is 0.262 e. The summed E-state index contributed by atoms with van der Waals surface area (Å²) in [5, 5.41) is 2.79. The van der Waals surface area contributed by atoms with E-state index in [1.54, 1.807) is 28.6 Å². The van der Waals surface area contributed by atoms with Gasteiger partial charge in [0.1, 0.15) is 5.75 Å². The van der Waals surface area contributed by atoms with Crippen LogP contribution in [0.5, 0.6) is 5.75 Å². The van der Waals surface area contributed by atoms with Crippen LogP contribution in [-0.2, 0) is 27.7 Å². The van der Waals surface area contributed by atoms with Gasteiger partial charge in [0.25, 0.3) is 5.91 Å². The van der Waals surface area contributed by atoms with Crippen molar-refractivity contribution in [3.63, 3.8) is 0 Å². The van der Waals surface area contributed by atoms with Gasteiger partial charge in [-0.1, -0.05) is 25.0 Å². The number of carbonyl (C=O) groups excluding carboxylic acids is 1. The van der Waals surface area contributed by atoms with Gasteiger partial charge < -0.3 is 10.1 Å². The van der Waals surface area contributed by atoms with Crippen LogP contribution >= 0.6 is 0 Å². The summed E-state index contributed by atoms with van der Waals surface area (Å²) in [7, 11) is -3.49. The number of rotatable bonds is 6. The van der Waals surface area contributed by atoms with Crippen molar-refractivity contribution >= 4 is 21.6 Å². The molecule has 1 aliphatic carbocycles. The van der Waals surface area contributed by atoms with Crippen LogP contribution in [0.3, 0.4) is 0 Å². The minimum absolute atomic E-state index is 0.0791. The van der Waals surface area contributed by atoms with E-state index in [9.17, 15) is 13.2 Å². The van der Waals surface area contributed by atoms with E-state index < -0.39 is 10.0 Å². The number of benzene rings is 2. The number of nitrogens with zero attached hydrogens (tertiary/aromatic N) is 1. The molecule has 2 aliphatic rings. The standard InChI is InChI=1S/C24H30N2O4S/c27-24(18-30-23-11-7-9-19-8-3-4-10-22(19)23)25-20-12-14-21(15-13-20)31(28,29)26-16-5-1-2-6-17-26/h7,9,11-15H,1-6,8,10,16-18H2,(H,25,27). The van der Waals surface area contributed by atoms with Crippen molar-refractivity contribution in [2.45, 2.75) is 56.3 Å². The van der Waals surface area contributed by atoms with Gasteiger partial charge in [-0.05, 0) is 80.0 Å². The van der Waals surface area contributed by atoms with E-state index in [2.05, 4.69) is 11.4 Å². The van der Waals surface area contributed by atoms with Crippen LogP contribution in [0.25, 0.3) is 0 Å². The van der Waals surface area contributed by atoms with Crippen LogP contribution < -0.4 is 10.1 Å².